The fourth-order valence-electron chi connectivity index (χ4n) is 4.07. The lowest BCUT2D eigenvalue weighted by Gasteiger charge is -2.39. The molecule has 0 radical (unpaired) electrons. The molecule has 3 aromatic heterocycles. The molecule has 2 fully saturated rings. The minimum absolute atomic E-state index is 0.0239. The van der Waals surface area contributed by atoms with Crippen molar-refractivity contribution < 1.29 is 18.0 Å². The molecule has 0 unspecified atom stereocenters. The van der Waals surface area contributed by atoms with E-state index in [4.69, 9.17) is 0 Å². The van der Waals surface area contributed by atoms with Crippen molar-refractivity contribution in [3.8, 4) is 5.82 Å². The third-order valence-electron chi connectivity index (χ3n) is 6.03. The Morgan fingerprint density at radius 3 is 2.69 bits per heavy atom. The number of imidazole rings is 1. The van der Waals surface area contributed by atoms with Crippen LogP contribution in [0.4, 0.5) is 19.0 Å². The van der Waals surface area contributed by atoms with E-state index in [0.717, 1.165) is 30.1 Å². The molecular weight excluding hydrogens is 425 g/mol. The highest BCUT2D eigenvalue weighted by Gasteiger charge is 2.36. The Morgan fingerprint density at radius 2 is 2.03 bits per heavy atom. The third kappa shape index (κ3) is 3.68. The molecule has 2 aliphatic rings. The number of nitrogens with one attached hydrogen (secondary N) is 1. The minimum Gasteiger partial charge on any atom is -0.351 e. The molecule has 2 saturated heterocycles. The summed E-state index contributed by atoms with van der Waals surface area (Å²) in [6.45, 7) is 5.51. The number of fused-ring (bicyclic) bond motifs is 1. The van der Waals surface area contributed by atoms with Crippen molar-refractivity contribution in [2.45, 2.75) is 32.0 Å². The zero-order chi connectivity index (χ0) is 22.5. The van der Waals surface area contributed by atoms with Gasteiger partial charge in [-0.3, -0.25) is 9.20 Å². The lowest BCUT2D eigenvalue weighted by molar-refractivity contribution is -0.141. The molecule has 32 heavy (non-hydrogen) atoms. The van der Waals surface area contributed by atoms with E-state index in [1.807, 2.05) is 11.8 Å². The molecule has 2 aliphatic heterocycles. The maximum Gasteiger partial charge on any atom is 0.433 e. The van der Waals surface area contributed by atoms with Crippen molar-refractivity contribution in [2.24, 2.45) is 0 Å². The standard InChI is InChI=1S/C20H23F3N8O/c1-13-2-6-29(13)19-18-25-11-15(20(21,22)23)30(18)12-16(26-19)31-7-3-14(27-31)10-17(32)28-8-4-24-5-9-28/h3,7,11-13,24H,2,4-6,8-10H2,1H3/t13-/m0/s1. The summed E-state index contributed by atoms with van der Waals surface area (Å²) in [5, 5.41) is 7.62. The SMILES string of the molecule is C[C@H]1CCN1c1nc(-n2ccc(CC(=O)N3CCNCC3)n2)cn2c(C(F)(F)F)cnc12. The Morgan fingerprint density at radius 1 is 1.25 bits per heavy atom. The summed E-state index contributed by atoms with van der Waals surface area (Å²) in [6, 6.07) is 1.86. The van der Waals surface area contributed by atoms with Crippen LogP contribution in [-0.4, -0.2) is 73.7 Å². The molecular formula is C20H23F3N8O. The monoisotopic (exact) mass is 448 g/mol. The van der Waals surface area contributed by atoms with Gasteiger partial charge < -0.3 is 15.1 Å². The number of carbonyl (C=O) groups is 1. The van der Waals surface area contributed by atoms with Gasteiger partial charge in [0.15, 0.2) is 17.3 Å². The summed E-state index contributed by atoms with van der Waals surface area (Å²) in [4.78, 5) is 24.8. The number of aromatic nitrogens is 5. The van der Waals surface area contributed by atoms with E-state index in [9.17, 15) is 18.0 Å². The highest BCUT2D eigenvalue weighted by Crippen LogP contribution is 2.34. The van der Waals surface area contributed by atoms with Crippen molar-refractivity contribution in [1.29, 1.82) is 0 Å². The van der Waals surface area contributed by atoms with Crippen LogP contribution in [0.15, 0.2) is 24.7 Å². The second kappa shape index (κ2) is 7.76. The van der Waals surface area contributed by atoms with Gasteiger partial charge in [0.05, 0.1) is 24.5 Å². The Labute approximate surface area is 181 Å². The fraction of sp³-hybridized carbons (Fsp3) is 0.500. The van der Waals surface area contributed by atoms with Gasteiger partial charge in [0.2, 0.25) is 5.91 Å². The molecule has 0 bridgehead atoms. The largest absolute Gasteiger partial charge is 0.433 e. The first-order valence-corrected chi connectivity index (χ1v) is 10.6. The maximum atomic E-state index is 13.6. The van der Waals surface area contributed by atoms with Gasteiger partial charge in [-0.25, -0.2) is 14.6 Å². The van der Waals surface area contributed by atoms with Crippen LogP contribution in [0.1, 0.15) is 24.7 Å². The van der Waals surface area contributed by atoms with E-state index in [2.05, 4.69) is 20.4 Å². The van der Waals surface area contributed by atoms with E-state index < -0.39 is 11.9 Å². The first-order chi connectivity index (χ1) is 15.3. The second-order valence-electron chi connectivity index (χ2n) is 8.15. The molecule has 0 saturated carbocycles. The number of anilines is 1. The first-order valence-electron chi connectivity index (χ1n) is 10.6. The molecule has 170 valence electrons. The van der Waals surface area contributed by atoms with Crippen LogP contribution in [0.5, 0.6) is 0 Å². The van der Waals surface area contributed by atoms with Crippen LogP contribution in [0.2, 0.25) is 0 Å². The van der Waals surface area contributed by atoms with Crippen molar-refractivity contribution in [1.82, 2.24) is 34.4 Å². The lowest BCUT2D eigenvalue weighted by atomic mass is 10.1. The molecule has 9 nitrogen and oxygen atoms in total. The number of alkyl halides is 3. The van der Waals surface area contributed by atoms with Gasteiger partial charge in [-0.05, 0) is 19.4 Å². The zero-order valence-corrected chi connectivity index (χ0v) is 17.5. The van der Waals surface area contributed by atoms with Crippen LogP contribution in [0, 0.1) is 0 Å². The molecule has 5 rings (SSSR count). The predicted molar refractivity (Wildman–Crippen MR) is 110 cm³/mol. The van der Waals surface area contributed by atoms with E-state index in [1.54, 1.807) is 17.2 Å². The van der Waals surface area contributed by atoms with Crippen molar-refractivity contribution >= 4 is 17.4 Å². The van der Waals surface area contributed by atoms with E-state index in [0.29, 0.717) is 31.1 Å². The number of amides is 1. The summed E-state index contributed by atoms with van der Waals surface area (Å²) in [7, 11) is 0. The van der Waals surface area contributed by atoms with Gasteiger partial charge >= 0.3 is 6.18 Å². The Bertz CT molecular complexity index is 1150. The van der Waals surface area contributed by atoms with Gasteiger partial charge in [-0.1, -0.05) is 0 Å². The minimum atomic E-state index is -4.55. The van der Waals surface area contributed by atoms with Crippen LogP contribution in [0.25, 0.3) is 11.5 Å². The summed E-state index contributed by atoms with van der Waals surface area (Å²) >= 11 is 0. The van der Waals surface area contributed by atoms with Crippen LogP contribution < -0.4 is 10.2 Å². The number of rotatable bonds is 4. The van der Waals surface area contributed by atoms with Crippen molar-refractivity contribution in [3.63, 3.8) is 0 Å². The Balaban J connectivity index is 1.49. The quantitative estimate of drug-likeness (QED) is 0.652. The van der Waals surface area contributed by atoms with Crippen LogP contribution in [0.3, 0.4) is 0 Å². The number of nitrogens with zero attached hydrogens (tertiary/aromatic N) is 7. The van der Waals surface area contributed by atoms with Gasteiger partial charge in [-0.15, -0.1) is 0 Å². The van der Waals surface area contributed by atoms with E-state index >= 15 is 0 Å². The summed E-state index contributed by atoms with van der Waals surface area (Å²) in [6.07, 6.45) is 0.238. The van der Waals surface area contributed by atoms with Crippen LogP contribution >= 0.6 is 0 Å². The molecule has 1 atom stereocenters. The number of hydrogen-bond donors (Lipinski definition) is 1. The molecule has 0 aliphatic carbocycles. The van der Waals surface area contributed by atoms with Gasteiger partial charge in [-0.2, -0.15) is 18.3 Å². The van der Waals surface area contributed by atoms with Gasteiger partial charge in [0.25, 0.3) is 0 Å². The Hall–Kier alpha value is -3.15. The van der Waals surface area contributed by atoms with Crippen molar-refractivity contribution in [2.75, 3.05) is 37.6 Å². The van der Waals surface area contributed by atoms with E-state index in [-0.39, 0.29) is 29.8 Å². The van der Waals surface area contributed by atoms with E-state index in [1.165, 1.54) is 10.9 Å². The molecule has 3 aromatic rings. The molecule has 5 heterocycles. The Kier molecular flexibility index (Phi) is 5.03. The topological polar surface area (TPSA) is 83.6 Å². The number of hydrogen-bond acceptors (Lipinski definition) is 6. The molecule has 12 heteroatoms. The van der Waals surface area contributed by atoms with Crippen LogP contribution in [-0.2, 0) is 17.4 Å². The average Bonchev–Trinajstić information content (AvgIpc) is 3.40. The smallest absolute Gasteiger partial charge is 0.351 e. The normalized spacial score (nSPS) is 19.4. The molecule has 1 N–H and O–H groups in total. The second-order valence-corrected chi connectivity index (χ2v) is 8.15. The maximum absolute atomic E-state index is 13.6. The summed E-state index contributed by atoms with van der Waals surface area (Å²) in [5.41, 5.74) is -0.170. The molecule has 1 amide bonds. The zero-order valence-electron chi connectivity index (χ0n) is 17.5. The third-order valence-corrected chi connectivity index (χ3v) is 6.03. The van der Waals surface area contributed by atoms with Gasteiger partial charge in [0, 0.05) is 45.0 Å². The molecule has 0 aromatic carbocycles. The fourth-order valence-corrected chi connectivity index (χ4v) is 4.07. The van der Waals surface area contributed by atoms with Crippen molar-refractivity contribution in [3.05, 3.63) is 36.0 Å². The number of carbonyl (C=O) groups excluding carboxylic acids is 1. The highest BCUT2D eigenvalue weighted by molar-refractivity contribution is 5.78. The highest BCUT2D eigenvalue weighted by atomic mass is 19.4. The summed E-state index contributed by atoms with van der Waals surface area (Å²) in [5.74, 6) is 0.603. The average molecular weight is 448 g/mol. The number of halogens is 3. The molecule has 0 spiro atoms. The predicted octanol–water partition coefficient (Wildman–Crippen LogP) is 1.51. The first kappa shape index (κ1) is 20.7. The number of piperazine rings is 1. The summed E-state index contributed by atoms with van der Waals surface area (Å²) < 4.78 is 43.1. The van der Waals surface area contributed by atoms with Gasteiger partial charge in [0.1, 0.15) is 5.69 Å². The lowest BCUT2D eigenvalue weighted by Crippen LogP contribution is -2.47.